The molecule has 4 heteroatoms. The third kappa shape index (κ3) is 2.08. The van der Waals surface area contributed by atoms with Crippen LogP contribution in [-0.2, 0) is 0 Å². The van der Waals surface area contributed by atoms with Crippen molar-refractivity contribution in [3.8, 4) is 5.75 Å². The van der Waals surface area contributed by atoms with Gasteiger partial charge in [0.1, 0.15) is 5.75 Å². The summed E-state index contributed by atoms with van der Waals surface area (Å²) in [5.41, 5.74) is 0. The van der Waals surface area contributed by atoms with Gasteiger partial charge in [0.2, 0.25) is 0 Å². The van der Waals surface area contributed by atoms with E-state index < -0.39 is 0 Å². The Morgan fingerprint density at radius 2 is 1.92 bits per heavy atom. The lowest BCUT2D eigenvalue weighted by atomic mass is 10.3. The van der Waals surface area contributed by atoms with Crippen LogP contribution in [0.5, 0.6) is 5.75 Å². The molecule has 1 heterocycles. The molecule has 13 heavy (non-hydrogen) atoms. The Hall–Kier alpha value is -0.440. The van der Waals surface area contributed by atoms with Crippen molar-refractivity contribution in [3.63, 3.8) is 0 Å². The molecule has 0 aliphatic carbocycles. The Labute approximate surface area is 87.0 Å². The summed E-state index contributed by atoms with van der Waals surface area (Å²) < 4.78 is 0. The van der Waals surface area contributed by atoms with Gasteiger partial charge in [-0.3, -0.25) is 0 Å². The lowest BCUT2D eigenvalue weighted by Crippen LogP contribution is -2.39. The Morgan fingerprint density at radius 1 is 1.15 bits per heavy atom. The van der Waals surface area contributed by atoms with Gasteiger partial charge >= 0.3 is 0 Å². The minimum absolute atomic E-state index is 0.527. The molecule has 0 bridgehead atoms. The second-order valence-electron chi connectivity index (χ2n) is 2.95. The molecule has 1 aromatic carbocycles. The largest absolute Gasteiger partial charge is 0.406 e. The van der Waals surface area contributed by atoms with Crippen LogP contribution in [0.3, 0.4) is 0 Å². The Kier molecular flexibility index (Phi) is 2.63. The lowest BCUT2D eigenvalue weighted by Gasteiger charge is -2.29. The Balaban J connectivity index is 2.07. The molecule has 1 saturated heterocycles. The summed E-state index contributed by atoms with van der Waals surface area (Å²) in [5.74, 6) is 0.745. The summed E-state index contributed by atoms with van der Waals surface area (Å²) in [6, 6.07) is 5.27. The van der Waals surface area contributed by atoms with Crippen molar-refractivity contribution < 1.29 is 4.84 Å². The van der Waals surface area contributed by atoms with E-state index >= 15 is 0 Å². The second-order valence-corrected chi connectivity index (χ2v) is 3.76. The molecule has 1 aliphatic rings. The van der Waals surface area contributed by atoms with Crippen LogP contribution >= 0.6 is 23.2 Å². The van der Waals surface area contributed by atoms with E-state index in [1.54, 1.807) is 12.1 Å². The van der Waals surface area contributed by atoms with Crippen molar-refractivity contribution >= 4 is 23.2 Å². The van der Waals surface area contributed by atoms with E-state index in [2.05, 4.69) is 0 Å². The van der Waals surface area contributed by atoms with Gasteiger partial charge in [-0.05, 0) is 18.6 Å². The van der Waals surface area contributed by atoms with Crippen LogP contribution in [0.4, 0.5) is 0 Å². The summed E-state index contributed by atoms with van der Waals surface area (Å²) in [7, 11) is 0. The Morgan fingerprint density at radius 3 is 2.46 bits per heavy atom. The first-order chi connectivity index (χ1) is 6.25. The van der Waals surface area contributed by atoms with Gasteiger partial charge < -0.3 is 4.84 Å². The average molecular weight is 218 g/mol. The monoisotopic (exact) mass is 217 g/mol. The first kappa shape index (κ1) is 9.13. The lowest BCUT2D eigenvalue weighted by molar-refractivity contribution is -0.107. The van der Waals surface area contributed by atoms with Gasteiger partial charge in [0, 0.05) is 19.2 Å². The van der Waals surface area contributed by atoms with E-state index in [9.17, 15) is 0 Å². The van der Waals surface area contributed by atoms with Crippen LogP contribution in [0, 0.1) is 0 Å². The molecule has 0 amide bonds. The molecule has 1 aromatic rings. The fourth-order valence-corrected chi connectivity index (χ4v) is 1.35. The quantitative estimate of drug-likeness (QED) is 0.756. The van der Waals surface area contributed by atoms with Crippen molar-refractivity contribution in [2.45, 2.75) is 6.42 Å². The topological polar surface area (TPSA) is 12.5 Å². The molecular weight excluding hydrogens is 209 g/mol. The number of hydroxylamine groups is 2. The highest BCUT2D eigenvalue weighted by Crippen LogP contribution is 2.27. The predicted molar refractivity (Wildman–Crippen MR) is 53.3 cm³/mol. The van der Waals surface area contributed by atoms with Gasteiger partial charge in [-0.25, -0.2) is 0 Å². The van der Waals surface area contributed by atoms with Crippen molar-refractivity contribution in [1.82, 2.24) is 5.06 Å². The third-order valence-electron chi connectivity index (χ3n) is 1.94. The van der Waals surface area contributed by atoms with Gasteiger partial charge in [0.25, 0.3) is 0 Å². The zero-order chi connectivity index (χ0) is 9.26. The maximum atomic E-state index is 5.83. The number of nitrogens with zero attached hydrogens (tertiary/aromatic N) is 1. The van der Waals surface area contributed by atoms with Crippen molar-refractivity contribution in [2.75, 3.05) is 13.1 Å². The van der Waals surface area contributed by atoms with E-state index in [1.165, 1.54) is 6.42 Å². The third-order valence-corrected chi connectivity index (χ3v) is 2.68. The number of rotatable bonds is 2. The average Bonchev–Trinajstić information content (AvgIpc) is 2.04. The molecule has 0 atom stereocenters. The second kappa shape index (κ2) is 3.74. The molecule has 0 N–H and O–H groups in total. The number of halogens is 2. The zero-order valence-electron chi connectivity index (χ0n) is 6.96. The molecular formula is C9H9Cl2NO. The molecule has 0 spiro atoms. The van der Waals surface area contributed by atoms with Gasteiger partial charge in [0.15, 0.2) is 0 Å². The highest BCUT2D eigenvalue weighted by molar-refractivity contribution is 6.42. The highest BCUT2D eigenvalue weighted by atomic mass is 35.5. The highest BCUT2D eigenvalue weighted by Gasteiger charge is 2.15. The van der Waals surface area contributed by atoms with Crippen LogP contribution in [0.15, 0.2) is 18.2 Å². The molecule has 0 saturated carbocycles. The maximum absolute atomic E-state index is 5.83. The standard InChI is InChI=1S/C9H9Cl2NO/c10-8-3-2-7(6-9(8)11)13-12-4-1-5-12/h2-3,6H,1,4-5H2. The summed E-state index contributed by atoms with van der Waals surface area (Å²) in [5, 5.41) is 2.97. The summed E-state index contributed by atoms with van der Waals surface area (Å²) in [6.07, 6.45) is 1.20. The summed E-state index contributed by atoms with van der Waals surface area (Å²) in [6.45, 7) is 1.97. The van der Waals surface area contributed by atoms with Gasteiger partial charge in [-0.1, -0.05) is 23.2 Å². The minimum Gasteiger partial charge on any atom is -0.406 e. The van der Waals surface area contributed by atoms with Crippen molar-refractivity contribution in [2.24, 2.45) is 0 Å². The van der Waals surface area contributed by atoms with Gasteiger partial charge in [0.05, 0.1) is 10.0 Å². The SMILES string of the molecule is Clc1ccc(ON2CCC2)cc1Cl. The molecule has 2 rings (SSSR count). The molecule has 1 aliphatic heterocycles. The van der Waals surface area contributed by atoms with Crippen molar-refractivity contribution in [1.29, 1.82) is 0 Å². The molecule has 70 valence electrons. The molecule has 2 nitrogen and oxygen atoms in total. The van der Waals surface area contributed by atoms with Crippen molar-refractivity contribution in [3.05, 3.63) is 28.2 Å². The number of benzene rings is 1. The maximum Gasteiger partial charge on any atom is 0.149 e. The fourth-order valence-electron chi connectivity index (χ4n) is 1.06. The Bertz CT molecular complexity index is 312. The normalized spacial score (nSPS) is 16.8. The predicted octanol–water partition coefficient (Wildman–Crippen LogP) is 2.99. The smallest absolute Gasteiger partial charge is 0.149 e. The number of hydrogen-bond donors (Lipinski definition) is 0. The molecule has 0 aromatic heterocycles. The molecule has 0 radical (unpaired) electrons. The van der Waals surface area contributed by atoms with E-state index in [0.29, 0.717) is 10.0 Å². The van der Waals surface area contributed by atoms with Gasteiger partial charge in [-0.2, -0.15) is 0 Å². The van der Waals surface area contributed by atoms with Crippen LogP contribution in [0.25, 0.3) is 0 Å². The summed E-state index contributed by atoms with van der Waals surface area (Å²) in [4.78, 5) is 5.48. The van der Waals surface area contributed by atoms with E-state index in [0.717, 1.165) is 18.8 Å². The van der Waals surface area contributed by atoms with Crippen LogP contribution in [-0.4, -0.2) is 18.2 Å². The van der Waals surface area contributed by atoms with Gasteiger partial charge in [-0.15, -0.1) is 5.06 Å². The van der Waals surface area contributed by atoms with Crippen LogP contribution in [0.2, 0.25) is 10.0 Å². The summed E-state index contributed by atoms with van der Waals surface area (Å²) >= 11 is 11.6. The first-order valence-corrected chi connectivity index (χ1v) is 4.89. The van der Waals surface area contributed by atoms with Crippen LogP contribution in [0.1, 0.15) is 6.42 Å². The van der Waals surface area contributed by atoms with E-state index in [4.69, 9.17) is 28.0 Å². The van der Waals surface area contributed by atoms with E-state index in [-0.39, 0.29) is 0 Å². The zero-order valence-corrected chi connectivity index (χ0v) is 8.48. The molecule has 1 fully saturated rings. The first-order valence-electron chi connectivity index (χ1n) is 4.14. The number of hydrogen-bond acceptors (Lipinski definition) is 2. The van der Waals surface area contributed by atoms with E-state index in [1.807, 2.05) is 11.1 Å². The fraction of sp³-hybridized carbons (Fsp3) is 0.333. The minimum atomic E-state index is 0.527. The van der Waals surface area contributed by atoms with Crippen LogP contribution < -0.4 is 4.84 Å². The molecule has 0 unspecified atom stereocenters.